The molecule has 0 saturated carbocycles. The number of carbonyl (C=O) groups excluding carboxylic acids is 1. The lowest BCUT2D eigenvalue weighted by atomic mass is 10.1. The molecule has 1 unspecified atom stereocenters. The molecule has 1 N–H and O–H groups in total. The average molecular weight is 255 g/mol. The van der Waals surface area contributed by atoms with Crippen LogP contribution in [0.5, 0.6) is 0 Å². The third-order valence-electron chi connectivity index (χ3n) is 2.81. The van der Waals surface area contributed by atoms with Gasteiger partial charge in [-0.25, -0.2) is 0 Å². The molecule has 0 aromatic carbocycles. The summed E-state index contributed by atoms with van der Waals surface area (Å²) in [4.78, 5) is 15.9. The summed E-state index contributed by atoms with van der Waals surface area (Å²) in [6.07, 6.45) is 2.51. The average Bonchev–Trinajstić information content (AvgIpc) is 2.78. The molecule has 1 atom stereocenters. The Labute approximate surface area is 105 Å². The molecule has 92 valence electrons. The van der Waals surface area contributed by atoms with E-state index in [1.54, 1.807) is 6.07 Å². The van der Waals surface area contributed by atoms with Crippen molar-refractivity contribution in [2.75, 3.05) is 19.8 Å². The number of halogens is 1. The van der Waals surface area contributed by atoms with E-state index in [2.05, 4.69) is 10.3 Å². The first-order chi connectivity index (χ1) is 8.16. The summed E-state index contributed by atoms with van der Waals surface area (Å²) in [7, 11) is 0. The van der Waals surface area contributed by atoms with Crippen molar-refractivity contribution < 1.29 is 9.53 Å². The number of hydrogen-bond donors (Lipinski definition) is 1. The minimum Gasteiger partial charge on any atom is -0.381 e. The number of carbonyl (C=O) groups is 1. The van der Waals surface area contributed by atoms with E-state index in [1.807, 2.05) is 6.92 Å². The van der Waals surface area contributed by atoms with Crippen molar-refractivity contribution in [2.45, 2.75) is 13.3 Å². The normalized spacial score (nSPS) is 19.3. The van der Waals surface area contributed by atoms with Gasteiger partial charge in [0.25, 0.3) is 5.91 Å². The van der Waals surface area contributed by atoms with Gasteiger partial charge in [0.05, 0.1) is 17.2 Å². The predicted molar refractivity (Wildman–Crippen MR) is 65.2 cm³/mol. The Balaban J connectivity index is 1.94. The fourth-order valence-electron chi connectivity index (χ4n) is 1.77. The molecule has 0 aliphatic carbocycles. The van der Waals surface area contributed by atoms with Crippen molar-refractivity contribution >= 4 is 17.5 Å². The minimum absolute atomic E-state index is 0.172. The van der Waals surface area contributed by atoms with Crippen LogP contribution in [0.2, 0.25) is 5.02 Å². The van der Waals surface area contributed by atoms with Crippen LogP contribution in [0.25, 0.3) is 0 Å². The van der Waals surface area contributed by atoms with E-state index >= 15 is 0 Å². The zero-order chi connectivity index (χ0) is 12.3. The number of amides is 1. The lowest BCUT2D eigenvalue weighted by Gasteiger charge is -2.10. The van der Waals surface area contributed by atoms with Gasteiger partial charge in [-0.15, -0.1) is 0 Å². The standard InChI is InChI=1S/C12H15ClN2O2/c1-8-4-11(13)10(6-14-8)12(16)15-5-9-2-3-17-7-9/h4,6,9H,2-3,5,7H2,1H3,(H,15,16). The maximum absolute atomic E-state index is 11.9. The second-order valence-corrected chi connectivity index (χ2v) is 4.65. The maximum Gasteiger partial charge on any atom is 0.254 e. The van der Waals surface area contributed by atoms with Gasteiger partial charge in [0.2, 0.25) is 0 Å². The van der Waals surface area contributed by atoms with Gasteiger partial charge >= 0.3 is 0 Å². The molecule has 1 aliphatic heterocycles. The van der Waals surface area contributed by atoms with Crippen LogP contribution < -0.4 is 5.32 Å². The fraction of sp³-hybridized carbons (Fsp3) is 0.500. The van der Waals surface area contributed by atoms with Crippen LogP contribution in [-0.4, -0.2) is 30.6 Å². The number of pyridine rings is 1. The largest absolute Gasteiger partial charge is 0.381 e. The number of ether oxygens (including phenoxy) is 1. The van der Waals surface area contributed by atoms with E-state index in [-0.39, 0.29) is 5.91 Å². The Hall–Kier alpha value is -1.13. The summed E-state index contributed by atoms with van der Waals surface area (Å²) >= 11 is 5.99. The smallest absolute Gasteiger partial charge is 0.254 e. The van der Waals surface area contributed by atoms with Gasteiger partial charge in [-0.3, -0.25) is 9.78 Å². The molecule has 4 nitrogen and oxygen atoms in total. The number of rotatable bonds is 3. The molecule has 2 heterocycles. The van der Waals surface area contributed by atoms with Gasteiger partial charge in [-0.2, -0.15) is 0 Å². The van der Waals surface area contributed by atoms with Crippen LogP contribution in [-0.2, 0) is 4.74 Å². The van der Waals surface area contributed by atoms with Gasteiger partial charge in [0.1, 0.15) is 0 Å². The number of hydrogen-bond acceptors (Lipinski definition) is 3. The van der Waals surface area contributed by atoms with Gasteiger partial charge in [-0.1, -0.05) is 11.6 Å². The molecule has 17 heavy (non-hydrogen) atoms. The molecule has 1 aliphatic rings. The van der Waals surface area contributed by atoms with Gasteiger partial charge < -0.3 is 10.1 Å². The SMILES string of the molecule is Cc1cc(Cl)c(C(=O)NCC2CCOC2)cn1. The van der Waals surface area contributed by atoms with E-state index in [0.29, 0.717) is 23.0 Å². The quantitative estimate of drug-likeness (QED) is 0.895. The van der Waals surface area contributed by atoms with Crippen molar-refractivity contribution in [3.05, 3.63) is 28.5 Å². The Bertz CT molecular complexity index is 417. The number of nitrogens with zero attached hydrogens (tertiary/aromatic N) is 1. The molecule has 2 rings (SSSR count). The lowest BCUT2D eigenvalue weighted by molar-refractivity contribution is 0.0945. The molecule has 1 saturated heterocycles. The van der Waals surface area contributed by atoms with Crippen molar-refractivity contribution in [2.24, 2.45) is 5.92 Å². The van der Waals surface area contributed by atoms with Crippen LogP contribution in [0.4, 0.5) is 0 Å². The molecular weight excluding hydrogens is 240 g/mol. The molecule has 1 aromatic heterocycles. The second kappa shape index (κ2) is 5.47. The molecule has 5 heteroatoms. The Kier molecular flexibility index (Phi) is 3.97. The first-order valence-electron chi connectivity index (χ1n) is 5.65. The number of aromatic nitrogens is 1. The first-order valence-corrected chi connectivity index (χ1v) is 6.02. The van der Waals surface area contributed by atoms with E-state index in [0.717, 1.165) is 25.3 Å². The van der Waals surface area contributed by atoms with Gasteiger partial charge in [0.15, 0.2) is 0 Å². The van der Waals surface area contributed by atoms with Crippen molar-refractivity contribution in [1.29, 1.82) is 0 Å². The third-order valence-corrected chi connectivity index (χ3v) is 3.12. The first kappa shape index (κ1) is 12.3. The molecule has 0 radical (unpaired) electrons. The summed E-state index contributed by atoms with van der Waals surface area (Å²) in [6, 6.07) is 1.69. The van der Waals surface area contributed by atoms with Crippen molar-refractivity contribution in [3.63, 3.8) is 0 Å². The summed E-state index contributed by atoms with van der Waals surface area (Å²) in [6.45, 7) is 3.97. The Morgan fingerprint density at radius 3 is 3.18 bits per heavy atom. The zero-order valence-corrected chi connectivity index (χ0v) is 10.5. The molecular formula is C12H15ClN2O2. The summed E-state index contributed by atoms with van der Waals surface area (Å²) in [5, 5.41) is 3.30. The minimum atomic E-state index is -0.172. The highest BCUT2D eigenvalue weighted by atomic mass is 35.5. The maximum atomic E-state index is 11.9. The van der Waals surface area contributed by atoms with E-state index in [9.17, 15) is 4.79 Å². The van der Waals surface area contributed by atoms with Crippen LogP contribution in [0.15, 0.2) is 12.3 Å². The van der Waals surface area contributed by atoms with Crippen LogP contribution >= 0.6 is 11.6 Å². The highest BCUT2D eigenvalue weighted by Gasteiger charge is 2.17. The zero-order valence-electron chi connectivity index (χ0n) is 9.70. The molecule has 1 amide bonds. The topological polar surface area (TPSA) is 51.2 Å². The predicted octanol–water partition coefficient (Wildman–Crippen LogP) is 1.81. The fourth-order valence-corrected chi connectivity index (χ4v) is 2.06. The highest BCUT2D eigenvalue weighted by Crippen LogP contribution is 2.16. The van der Waals surface area contributed by atoms with E-state index in [4.69, 9.17) is 16.3 Å². The van der Waals surface area contributed by atoms with Gasteiger partial charge in [-0.05, 0) is 19.4 Å². The van der Waals surface area contributed by atoms with Crippen LogP contribution in [0, 0.1) is 12.8 Å². The third kappa shape index (κ3) is 3.17. The lowest BCUT2D eigenvalue weighted by Crippen LogP contribution is -2.29. The van der Waals surface area contributed by atoms with E-state index in [1.165, 1.54) is 6.20 Å². The molecule has 0 bridgehead atoms. The Morgan fingerprint density at radius 1 is 1.71 bits per heavy atom. The summed E-state index contributed by atoms with van der Waals surface area (Å²) in [5.41, 5.74) is 1.23. The second-order valence-electron chi connectivity index (χ2n) is 4.25. The molecule has 0 spiro atoms. The molecule has 1 fully saturated rings. The highest BCUT2D eigenvalue weighted by molar-refractivity contribution is 6.33. The Morgan fingerprint density at radius 2 is 2.53 bits per heavy atom. The summed E-state index contributed by atoms with van der Waals surface area (Å²) in [5.74, 6) is 0.241. The molecule has 1 aromatic rings. The number of nitrogens with one attached hydrogen (secondary N) is 1. The van der Waals surface area contributed by atoms with Gasteiger partial charge in [0, 0.05) is 31.0 Å². The van der Waals surface area contributed by atoms with Crippen molar-refractivity contribution in [3.8, 4) is 0 Å². The van der Waals surface area contributed by atoms with E-state index < -0.39 is 0 Å². The summed E-state index contributed by atoms with van der Waals surface area (Å²) < 4.78 is 5.24. The van der Waals surface area contributed by atoms with Crippen LogP contribution in [0.3, 0.4) is 0 Å². The van der Waals surface area contributed by atoms with Crippen molar-refractivity contribution in [1.82, 2.24) is 10.3 Å². The monoisotopic (exact) mass is 254 g/mol. The van der Waals surface area contributed by atoms with Crippen LogP contribution in [0.1, 0.15) is 22.5 Å². The number of aryl methyl sites for hydroxylation is 1.